The van der Waals surface area contributed by atoms with Crippen molar-refractivity contribution in [3.05, 3.63) is 33.8 Å². The molecule has 0 saturated heterocycles. The number of rotatable bonds is 7. The van der Waals surface area contributed by atoms with Gasteiger partial charge < -0.3 is 11.1 Å². The van der Waals surface area contributed by atoms with Crippen LogP contribution in [0.2, 0.25) is 0 Å². The van der Waals surface area contributed by atoms with Gasteiger partial charge in [0.15, 0.2) is 0 Å². The Bertz CT molecular complexity index is 399. The van der Waals surface area contributed by atoms with Crippen molar-refractivity contribution in [3.8, 4) is 0 Å². The van der Waals surface area contributed by atoms with E-state index in [0.717, 1.165) is 30.3 Å². The Balaban J connectivity index is 0.00000324. The van der Waals surface area contributed by atoms with Gasteiger partial charge in [0.25, 0.3) is 0 Å². The molecule has 3 N–H and O–H groups in total. The highest BCUT2D eigenvalue weighted by molar-refractivity contribution is 9.10. The zero-order valence-electron chi connectivity index (χ0n) is 11.2. The molecule has 0 radical (unpaired) electrons. The molecule has 1 aromatic carbocycles. The van der Waals surface area contributed by atoms with Crippen LogP contribution in [0.5, 0.6) is 0 Å². The molecule has 0 bridgehead atoms. The van der Waals surface area contributed by atoms with E-state index < -0.39 is 0 Å². The smallest absolute Gasteiger partial charge is 0.220 e. The molecular formula is C14H22BrClN2O. The zero-order valence-corrected chi connectivity index (χ0v) is 13.6. The van der Waals surface area contributed by atoms with Crippen molar-refractivity contribution >= 4 is 34.2 Å². The second-order valence-corrected chi connectivity index (χ2v) is 5.28. The maximum atomic E-state index is 11.6. The van der Waals surface area contributed by atoms with Crippen molar-refractivity contribution in [1.29, 1.82) is 0 Å². The third kappa shape index (κ3) is 7.55. The minimum atomic E-state index is 0. The molecule has 0 aliphatic rings. The molecule has 0 heterocycles. The quantitative estimate of drug-likeness (QED) is 0.744. The highest BCUT2D eigenvalue weighted by Crippen LogP contribution is 2.17. The van der Waals surface area contributed by atoms with Gasteiger partial charge in [-0.15, -0.1) is 12.4 Å². The van der Waals surface area contributed by atoms with Crippen molar-refractivity contribution in [2.45, 2.75) is 32.6 Å². The van der Waals surface area contributed by atoms with Crippen molar-refractivity contribution in [2.75, 3.05) is 13.1 Å². The van der Waals surface area contributed by atoms with Gasteiger partial charge in [0.05, 0.1) is 0 Å². The minimum absolute atomic E-state index is 0. The summed E-state index contributed by atoms with van der Waals surface area (Å²) < 4.78 is 1.11. The molecule has 19 heavy (non-hydrogen) atoms. The fourth-order valence-corrected chi connectivity index (χ4v) is 1.95. The maximum absolute atomic E-state index is 11.6. The van der Waals surface area contributed by atoms with E-state index in [9.17, 15) is 4.79 Å². The van der Waals surface area contributed by atoms with Crippen LogP contribution in [0, 0.1) is 6.92 Å². The number of halogens is 2. The van der Waals surface area contributed by atoms with Crippen molar-refractivity contribution in [3.63, 3.8) is 0 Å². The van der Waals surface area contributed by atoms with Crippen molar-refractivity contribution in [2.24, 2.45) is 5.73 Å². The Morgan fingerprint density at radius 2 is 2.11 bits per heavy atom. The fraction of sp³-hybridized carbons (Fsp3) is 0.500. The van der Waals surface area contributed by atoms with E-state index in [-0.39, 0.29) is 18.3 Å². The van der Waals surface area contributed by atoms with E-state index in [4.69, 9.17) is 5.73 Å². The first-order chi connectivity index (χ1) is 8.63. The first kappa shape index (κ1) is 18.4. The number of amides is 1. The Labute approximate surface area is 129 Å². The molecule has 0 aromatic heterocycles. The SMILES string of the molecule is Cc1cc(CCC(=O)NCCCCN)ccc1Br.Cl. The first-order valence-corrected chi connectivity index (χ1v) is 7.14. The van der Waals surface area contributed by atoms with Gasteiger partial charge in [-0.05, 0) is 49.9 Å². The summed E-state index contributed by atoms with van der Waals surface area (Å²) in [6.07, 6.45) is 3.26. The van der Waals surface area contributed by atoms with Crippen LogP contribution in [0.25, 0.3) is 0 Å². The zero-order chi connectivity index (χ0) is 13.4. The first-order valence-electron chi connectivity index (χ1n) is 6.35. The number of aryl methyl sites for hydroxylation is 2. The molecular weight excluding hydrogens is 328 g/mol. The lowest BCUT2D eigenvalue weighted by Crippen LogP contribution is -2.25. The van der Waals surface area contributed by atoms with E-state index in [1.165, 1.54) is 11.1 Å². The number of hydrogen-bond donors (Lipinski definition) is 2. The van der Waals surface area contributed by atoms with Crippen molar-refractivity contribution in [1.82, 2.24) is 5.32 Å². The summed E-state index contributed by atoms with van der Waals surface area (Å²) in [4.78, 5) is 11.6. The molecule has 0 fully saturated rings. The average molecular weight is 350 g/mol. The van der Waals surface area contributed by atoms with Gasteiger partial charge in [-0.2, -0.15) is 0 Å². The van der Waals surface area contributed by atoms with Crippen molar-refractivity contribution < 1.29 is 4.79 Å². The van der Waals surface area contributed by atoms with E-state index in [1.807, 2.05) is 6.07 Å². The van der Waals surface area contributed by atoms with Crippen LogP contribution < -0.4 is 11.1 Å². The number of nitrogens with one attached hydrogen (secondary N) is 1. The summed E-state index contributed by atoms with van der Waals surface area (Å²) >= 11 is 3.47. The molecule has 3 nitrogen and oxygen atoms in total. The lowest BCUT2D eigenvalue weighted by atomic mass is 10.1. The Kier molecular flexibility index (Phi) is 9.92. The third-order valence-corrected chi connectivity index (χ3v) is 3.71. The van der Waals surface area contributed by atoms with Gasteiger partial charge >= 0.3 is 0 Å². The fourth-order valence-electron chi connectivity index (χ4n) is 1.71. The van der Waals surface area contributed by atoms with Crippen LogP contribution in [0.1, 0.15) is 30.4 Å². The average Bonchev–Trinajstić information content (AvgIpc) is 2.36. The molecule has 0 aliphatic carbocycles. The van der Waals surface area contributed by atoms with Crippen LogP contribution >= 0.6 is 28.3 Å². The second-order valence-electron chi connectivity index (χ2n) is 4.43. The van der Waals surface area contributed by atoms with E-state index in [1.54, 1.807) is 0 Å². The maximum Gasteiger partial charge on any atom is 0.220 e. The number of hydrogen-bond acceptors (Lipinski definition) is 2. The molecule has 0 saturated carbocycles. The summed E-state index contributed by atoms with van der Waals surface area (Å²) in [7, 11) is 0. The van der Waals surface area contributed by atoms with Gasteiger partial charge in [-0.1, -0.05) is 28.1 Å². The summed E-state index contributed by atoms with van der Waals surface area (Å²) in [5.74, 6) is 0.118. The topological polar surface area (TPSA) is 55.1 Å². The molecule has 108 valence electrons. The predicted octanol–water partition coefficient (Wildman–Crippen LogP) is 2.97. The number of unbranched alkanes of at least 4 members (excludes halogenated alkanes) is 1. The van der Waals surface area contributed by atoms with E-state index in [0.29, 0.717) is 13.0 Å². The van der Waals surface area contributed by atoms with Gasteiger partial charge in [0, 0.05) is 17.4 Å². The molecule has 1 amide bonds. The summed E-state index contributed by atoms with van der Waals surface area (Å²) in [6, 6.07) is 6.20. The Morgan fingerprint density at radius 1 is 1.37 bits per heavy atom. The lowest BCUT2D eigenvalue weighted by molar-refractivity contribution is -0.121. The molecule has 0 aliphatic heterocycles. The van der Waals surface area contributed by atoms with Gasteiger partial charge in [0.2, 0.25) is 5.91 Å². The predicted molar refractivity (Wildman–Crippen MR) is 85.7 cm³/mol. The third-order valence-electron chi connectivity index (χ3n) is 2.82. The molecule has 1 aromatic rings. The molecule has 1 rings (SSSR count). The van der Waals surface area contributed by atoms with Gasteiger partial charge in [-0.3, -0.25) is 4.79 Å². The van der Waals surface area contributed by atoms with Crippen LogP contribution in [0.4, 0.5) is 0 Å². The number of benzene rings is 1. The summed E-state index contributed by atoms with van der Waals surface area (Å²) in [5.41, 5.74) is 7.80. The number of carbonyl (C=O) groups is 1. The van der Waals surface area contributed by atoms with Crippen LogP contribution in [0.15, 0.2) is 22.7 Å². The molecule has 0 unspecified atom stereocenters. The summed E-state index contributed by atoms with van der Waals surface area (Å²) in [5, 5.41) is 2.91. The van der Waals surface area contributed by atoms with Crippen LogP contribution in [-0.2, 0) is 11.2 Å². The highest BCUT2D eigenvalue weighted by Gasteiger charge is 2.03. The molecule has 5 heteroatoms. The lowest BCUT2D eigenvalue weighted by Gasteiger charge is -2.06. The monoisotopic (exact) mass is 348 g/mol. The number of nitrogens with two attached hydrogens (primary N) is 1. The molecule has 0 atom stereocenters. The molecule has 0 spiro atoms. The van der Waals surface area contributed by atoms with Crippen LogP contribution in [0.3, 0.4) is 0 Å². The normalized spacial score (nSPS) is 9.84. The standard InChI is InChI=1S/C14H21BrN2O.ClH/c1-11-10-12(4-6-13(11)15)5-7-14(18)17-9-3-2-8-16;/h4,6,10H,2-3,5,7-9,16H2,1H3,(H,17,18);1H. The van der Waals surface area contributed by atoms with Gasteiger partial charge in [0.1, 0.15) is 0 Å². The highest BCUT2D eigenvalue weighted by atomic mass is 79.9. The summed E-state index contributed by atoms with van der Waals surface area (Å²) in [6.45, 7) is 3.48. The van der Waals surface area contributed by atoms with E-state index >= 15 is 0 Å². The van der Waals surface area contributed by atoms with Crippen LogP contribution in [-0.4, -0.2) is 19.0 Å². The largest absolute Gasteiger partial charge is 0.356 e. The Hall–Kier alpha value is -0.580. The van der Waals surface area contributed by atoms with Gasteiger partial charge in [-0.25, -0.2) is 0 Å². The number of carbonyl (C=O) groups excluding carboxylic acids is 1. The van der Waals surface area contributed by atoms with E-state index in [2.05, 4.69) is 40.3 Å². The minimum Gasteiger partial charge on any atom is -0.356 e. The Morgan fingerprint density at radius 3 is 2.74 bits per heavy atom. The second kappa shape index (κ2) is 10.2.